The maximum atomic E-state index is 11.8. The van der Waals surface area contributed by atoms with Crippen molar-refractivity contribution in [2.24, 2.45) is 0 Å². The molecule has 5 heteroatoms. The molecule has 0 spiro atoms. The van der Waals surface area contributed by atoms with Gasteiger partial charge in [0.25, 0.3) is 5.91 Å². The first kappa shape index (κ1) is 11.6. The van der Waals surface area contributed by atoms with Gasteiger partial charge in [0.1, 0.15) is 0 Å². The molecule has 4 nitrogen and oxygen atoms in total. The number of hydrogen-bond donors (Lipinski definition) is 2. The van der Waals surface area contributed by atoms with Gasteiger partial charge in [-0.2, -0.15) is 0 Å². The standard InChI is InChI=1S/C12H13N3OS/c1-8-14-6-11(17-8)7-15-12(16)9-2-4-10(13)5-3-9/h2-6H,7,13H2,1H3,(H,15,16). The number of anilines is 1. The summed E-state index contributed by atoms with van der Waals surface area (Å²) in [5, 5.41) is 3.84. The Balaban J connectivity index is 1.95. The zero-order chi connectivity index (χ0) is 12.3. The molecule has 1 aromatic carbocycles. The van der Waals surface area contributed by atoms with Gasteiger partial charge in [0, 0.05) is 22.3 Å². The van der Waals surface area contributed by atoms with Crippen molar-refractivity contribution < 1.29 is 4.79 Å². The van der Waals surface area contributed by atoms with Crippen LogP contribution in [-0.4, -0.2) is 10.9 Å². The average molecular weight is 247 g/mol. The highest BCUT2D eigenvalue weighted by molar-refractivity contribution is 7.11. The molecule has 2 aromatic rings. The number of benzene rings is 1. The molecule has 0 unspecified atom stereocenters. The Morgan fingerprint density at radius 1 is 1.41 bits per heavy atom. The molecule has 0 atom stereocenters. The van der Waals surface area contributed by atoms with E-state index in [0.717, 1.165) is 9.88 Å². The molecular formula is C12H13N3OS. The molecule has 0 bridgehead atoms. The summed E-state index contributed by atoms with van der Waals surface area (Å²) >= 11 is 1.58. The number of nitrogen functional groups attached to an aromatic ring is 1. The van der Waals surface area contributed by atoms with Crippen LogP contribution in [0.25, 0.3) is 0 Å². The molecule has 1 aromatic heterocycles. The highest BCUT2D eigenvalue weighted by atomic mass is 32.1. The number of hydrogen-bond acceptors (Lipinski definition) is 4. The van der Waals surface area contributed by atoms with Crippen LogP contribution < -0.4 is 11.1 Å². The molecule has 0 saturated carbocycles. The first-order valence-corrected chi connectivity index (χ1v) is 6.02. The molecule has 0 aliphatic rings. The molecule has 0 aliphatic heterocycles. The molecule has 17 heavy (non-hydrogen) atoms. The van der Waals surface area contributed by atoms with Crippen molar-refractivity contribution in [2.45, 2.75) is 13.5 Å². The highest BCUT2D eigenvalue weighted by Crippen LogP contribution is 2.11. The molecule has 0 saturated heterocycles. The quantitative estimate of drug-likeness (QED) is 0.815. The van der Waals surface area contributed by atoms with Crippen molar-refractivity contribution in [3.05, 3.63) is 45.9 Å². The molecular weight excluding hydrogens is 234 g/mol. The van der Waals surface area contributed by atoms with Crippen LogP contribution in [0.4, 0.5) is 5.69 Å². The SMILES string of the molecule is Cc1ncc(CNC(=O)c2ccc(N)cc2)s1. The number of aryl methyl sites for hydroxylation is 1. The van der Waals surface area contributed by atoms with Gasteiger partial charge in [-0.1, -0.05) is 0 Å². The van der Waals surface area contributed by atoms with E-state index < -0.39 is 0 Å². The third-order valence-electron chi connectivity index (χ3n) is 2.27. The summed E-state index contributed by atoms with van der Waals surface area (Å²) in [6.45, 7) is 2.45. The molecule has 0 radical (unpaired) electrons. The summed E-state index contributed by atoms with van der Waals surface area (Å²) in [6.07, 6.45) is 1.78. The maximum absolute atomic E-state index is 11.8. The minimum absolute atomic E-state index is 0.101. The second kappa shape index (κ2) is 4.97. The van der Waals surface area contributed by atoms with Crippen LogP contribution in [0.3, 0.4) is 0 Å². The molecule has 1 amide bonds. The van der Waals surface area contributed by atoms with E-state index in [1.165, 1.54) is 0 Å². The molecule has 0 aliphatic carbocycles. The van der Waals surface area contributed by atoms with Gasteiger partial charge in [-0.15, -0.1) is 11.3 Å². The lowest BCUT2D eigenvalue weighted by Crippen LogP contribution is -2.22. The number of nitrogens with two attached hydrogens (primary N) is 1. The lowest BCUT2D eigenvalue weighted by Gasteiger charge is -2.03. The molecule has 3 N–H and O–H groups in total. The number of aromatic nitrogens is 1. The second-order valence-corrected chi connectivity index (χ2v) is 4.97. The fraction of sp³-hybridized carbons (Fsp3) is 0.167. The highest BCUT2D eigenvalue weighted by Gasteiger charge is 2.05. The van der Waals surface area contributed by atoms with E-state index in [-0.39, 0.29) is 5.91 Å². The topological polar surface area (TPSA) is 68.0 Å². The largest absolute Gasteiger partial charge is 0.399 e. The molecule has 88 valence electrons. The predicted octanol–water partition coefficient (Wildman–Crippen LogP) is 1.96. The van der Waals surface area contributed by atoms with Crippen LogP contribution in [0.2, 0.25) is 0 Å². The van der Waals surface area contributed by atoms with Gasteiger partial charge in [-0.25, -0.2) is 4.98 Å². The van der Waals surface area contributed by atoms with E-state index in [1.54, 1.807) is 41.8 Å². The lowest BCUT2D eigenvalue weighted by molar-refractivity contribution is 0.0951. The first-order chi connectivity index (χ1) is 8.15. The molecule has 0 fully saturated rings. The Morgan fingerprint density at radius 2 is 2.12 bits per heavy atom. The van der Waals surface area contributed by atoms with E-state index in [2.05, 4.69) is 10.3 Å². The van der Waals surface area contributed by atoms with Gasteiger partial charge in [0.05, 0.1) is 11.6 Å². The number of carbonyl (C=O) groups is 1. The minimum Gasteiger partial charge on any atom is -0.399 e. The Hall–Kier alpha value is -1.88. The molecule has 2 rings (SSSR count). The zero-order valence-electron chi connectivity index (χ0n) is 9.43. The Morgan fingerprint density at radius 3 is 2.71 bits per heavy atom. The van der Waals surface area contributed by atoms with E-state index >= 15 is 0 Å². The van der Waals surface area contributed by atoms with Crippen molar-refractivity contribution in [1.29, 1.82) is 0 Å². The van der Waals surface area contributed by atoms with Crippen molar-refractivity contribution in [2.75, 3.05) is 5.73 Å². The summed E-state index contributed by atoms with van der Waals surface area (Å²) in [5.74, 6) is -0.101. The maximum Gasteiger partial charge on any atom is 0.251 e. The predicted molar refractivity (Wildman–Crippen MR) is 68.9 cm³/mol. The van der Waals surface area contributed by atoms with E-state index in [0.29, 0.717) is 17.8 Å². The number of rotatable bonds is 3. The third-order valence-corrected chi connectivity index (χ3v) is 3.18. The van der Waals surface area contributed by atoms with Crippen molar-refractivity contribution in [3.63, 3.8) is 0 Å². The number of nitrogens with one attached hydrogen (secondary N) is 1. The Labute approximate surface area is 103 Å². The van der Waals surface area contributed by atoms with Gasteiger partial charge in [-0.05, 0) is 31.2 Å². The minimum atomic E-state index is -0.101. The van der Waals surface area contributed by atoms with Crippen LogP contribution in [0, 0.1) is 6.92 Å². The molecule has 1 heterocycles. The van der Waals surface area contributed by atoms with Crippen LogP contribution >= 0.6 is 11.3 Å². The van der Waals surface area contributed by atoms with Gasteiger partial charge in [0.2, 0.25) is 0 Å². The van der Waals surface area contributed by atoms with Crippen LogP contribution in [-0.2, 0) is 6.54 Å². The average Bonchev–Trinajstić information content (AvgIpc) is 2.73. The summed E-state index contributed by atoms with van der Waals surface area (Å²) in [4.78, 5) is 16.9. The van der Waals surface area contributed by atoms with Crippen molar-refractivity contribution in [3.8, 4) is 0 Å². The van der Waals surface area contributed by atoms with Crippen molar-refractivity contribution >= 4 is 22.9 Å². The lowest BCUT2D eigenvalue weighted by atomic mass is 10.2. The number of amides is 1. The van der Waals surface area contributed by atoms with Crippen LogP contribution in [0.1, 0.15) is 20.2 Å². The van der Waals surface area contributed by atoms with Gasteiger partial charge in [0.15, 0.2) is 0 Å². The summed E-state index contributed by atoms with van der Waals surface area (Å²) < 4.78 is 0. The van der Waals surface area contributed by atoms with E-state index in [4.69, 9.17) is 5.73 Å². The number of thiazole rings is 1. The van der Waals surface area contributed by atoms with Crippen LogP contribution in [0.5, 0.6) is 0 Å². The third kappa shape index (κ3) is 3.04. The van der Waals surface area contributed by atoms with E-state index in [1.807, 2.05) is 6.92 Å². The van der Waals surface area contributed by atoms with Gasteiger partial charge < -0.3 is 11.1 Å². The second-order valence-electron chi connectivity index (χ2n) is 3.65. The van der Waals surface area contributed by atoms with Crippen LogP contribution in [0.15, 0.2) is 30.5 Å². The summed E-state index contributed by atoms with van der Waals surface area (Å²) in [7, 11) is 0. The Bertz CT molecular complexity index is 519. The monoisotopic (exact) mass is 247 g/mol. The number of nitrogens with zero attached hydrogens (tertiary/aromatic N) is 1. The zero-order valence-corrected chi connectivity index (χ0v) is 10.3. The van der Waals surface area contributed by atoms with Crippen molar-refractivity contribution in [1.82, 2.24) is 10.3 Å². The van der Waals surface area contributed by atoms with Gasteiger partial charge in [-0.3, -0.25) is 4.79 Å². The van der Waals surface area contributed by atoms with Gasteiger partial charge >= 0.3 is 0 Å². The summed E-state index contributed by atoms with van der Waals surface area (Å²) in [5.41, 5.74) is 6.82. The fourth-order valence-corrected chi connectivity index (χ4v) is 2.13. The fourth-order valence-electron chi connectivity index (χ4n) is 1.39. The summed E-state index contributed by atoms with van der Waals surface area (Å²) in [6, 6.07) is 6.85. The first-order valence-electron chi connectivity index (χ1n) is 5.20. The number of carbonyl (C=O) groups excluding carboxylic acids is 1. The van der Waals surface area contributed by atoms with E-state index in [9.17, 15) is 4.79 Å². The Kier molecular flexibility index (Phi) is 3.39. The normalized spacial score (nSPS) is 10.2. The smallest absolute Gasteiger partial charge is 0.251 e.